The van der Waals surface area contributed by atoms with E-state index in [9.17, 15) is 0 Å². The number of benzene rings is 1. The molecule has 0 amide bonds. The van der Waals surface area contributed by atoms with Gasteiger partial charge in [-0.25, -0.2) is 4.68 Å². The van der Waals surface area contributed by atoms with Gasteiger partial charge in [0, 0.05) is 18.2 Å². The van der Waals surface area contributed by atoms with Crippen LogP contribution < -0.4 is 0 Å². The Morgan fingerprint density at radius 3 is 2.71 bits per heavy atom. The van der Waals surface area contributed by atoms with Gasteiger partial charge in [-0.3, -0.25) is 0 Å². The van der Waals surface area contributed by atoms with E-state index >= 15 is 0 Å². The molecule has 1 aliphatic rings. The van der Waals surface area contributed by atoms with E-state index in [1.807, 2.05) is 23.9 Å². The number of rotatable bonds is 2. The van der Waals surface area contributed by atoms with Crippen molar-refractivity contribution in [3.63, 3.8) is 0 Å². The second-order valence-corrected chi connectivity index (χ2v) is 5.45. The standard InChI is InChI=1S/C18H19N3/c1-5-14-12(3)11-13-9-7-8-10-16(13)18-17(15(14)6-2)19-20-21(18)4/h5-10,12H,1-2,11H2,3-4H3/b15-14-. The van der Waals surface area contributed by atoms with Gasteiger partial charge in [-0.1, -0.05) is 61.7 Å². The predicted octanol–water partition coefficient (Wildman–Crippen LogP) is 3.80. The Hall–Kier alpha value is -2.42. The summed E-state index contributed by atoms with van der Waals surface area (Å²) in [4.78, 5) is 0. The van der Waals surface area contributed by atoms with E-state index in [1.54, 1.807) is 0 Å². The van der Waals surface area contributed by atoms with Crippen LogP contribution in [-0.2, 0) is 13.5 Å². The van der Waals surface area contributed by atoms with E-state index in [1.165, 1.54) is 16.7 Å². The van der Waals surface area contributed by atoms with E-state index in [2.05, 4.69) is 54.7 Å². The van der Waals surface area contributed by atoms with Crippen LogP contribution in [0, 0.1) is 5.92 Å². The molecular weight excluding hydrogens is 258 g/mol. The lowest BCUT2D eigenvalue weighted by molar-refractivity contribution is 0.693. The van der Waals surface area contributed by atoms with Crippen molar-refractivity contribution in [2.24, 2.45) is 13.0 Å². The highest BCUT2D eigenvalue weighted by molar-refractivity contribution is 5.86. The molecule has 0 saturated carbocycles. The molecule has 0 N–H and O–H groups in total. The third-order valence-corrected chi connectivity index (χ3v) is 4.15. The van der Waals surface area contributed by atoms with Crippen LogP contribution in [-0.4, -0.2) is 15.0 Å². The maximum absolute atomic E-state index is 4.38. The van der Waals surface area contributed by atoms with Crippen LogP contribution in [0.3, 0.4) is 0 Å². The summed E-state index contributed by atoms with van der Waals surface area (Å²) < 4.78 is 1.84. The molecule has 1 unspecified atom stereocenters. The normalized spacial score (nSPS) is 21.0. The van der Waals surface area contributed by atoms with Crippen LogP contribution in [0.1, 0.15) is 18.2 Å². The van der Waals surface area contributed by atoms with Gasteiger partial charge in [-0.2, -0.15) is 0 Å². The molecule has 2 aromatic rings. The van der Waals surface area contributed by atoms with Crippen molar-refractivity contribution in [2.45, 2.75) is 13.3 Å². The van der Waals surface area contributed by atoms with Gasteiger partial charge in [-0.15, -0.1) is 5.10 Å². The number of hydrogen-bond donors (Lipinski definition) is 0. The van der Waals surface area contributed by atoms with Crippen LogP contribution in [0.5, 0.6) is 0 Å². The lowest BCUT2D eigenvalue weighted by atomic mass is 9.83. The monoisotopic (exact) mass is 277 g/mol. The highest BCUT2D eigenvalue weighted by Crippen LogP contribution is 2.38. The SMILES string of the molecule is C=C/C1=C(\C=C)C(C)Cc2ccccc2-c2c1nnn2C. The lowest BCUT2D eigenvalue weighted by Gasteiger charge is -2.22. The lowest BCUT2D eigenvalue weighted by Crippen LogP contribution is -2.10. The van der Waals surface area contributed by atoms with E-state index in [0.717, 1.165) is 23.4 Å². The maximum atomic E-state index is 4.38. The summed E-state index contributed by atoms with van der Waals surface area (Å²) in [6.07, 6.45) is 4.77. The maximum Gasteiger partial charge on any atom is 0.121 e. The largest absolute Gasteiger partial charge is 0.247 e. The fourth-order valence-corrected chi connectivity index (χ4v) is 3.14. The van der Waals surface area contributed by atoms with Crippen LogP contribution in [0.25, 0.3) is 16.8 Å². The molecule has 1 atom stereocenters. The summed E-state index contributed by atoms with van der Waals surface area (Å²) in [5.41, 5.74) is 6.68. The Kier molecular flexibility index (Phi) is 3.34. The number of aromatic nitrogens is 3. The fraction of sp³-hybridized carbons (Fsp3) is 0.222. The van der Waals surface area contributed by atoms with Crippen LogP contribution in [0.4, 0.5) is 0 Å². The molecule has 1 aliphatic carbocycles. The average Bonchev–Trinajstić information content (AvgIpc) is 2.84. The van der Waals surface area contributed by atoms with Crippen molar-refractivity contribution in [2.75, 3.05) is 0 Å². The topological polar surface area (TPSA) is 30.7 Å². The smallest absolute Gasteiger partial charge is 0.121 e. The number of aryl methyl sites for hydroxylation is 1. The summed E-state index contributed by atoms with van der Waals surface area (Å²) in [5.74, 6) is 0.367. The van der Waals surface area contributed by atoms with Gasteiger partial charge < -0.3 is 0 Å². The molecular formula is C18H19N3. The summed E-state index contributed by atoms with van der Waals surface area (Å²) in [5, 5.41) is 8.60. The molecule has 0 fully saturated rings. The Morgan fingerprint density at radius 1 is 1.24 bits per heavy atom. The number of nitrogens with zero attached hydrogens (tertiary/aromatic N) is 3. The molecule has 21 heavy (non-hydrogen) atoms. The first-order chi connectivity index (χ1) is 10.2. The van der Waals surface area contributed by atoms with E-state index in [-0.39, 0.29) is 0 Å². The van der Waals surface area contributed by atoms with Crippen LogP contribution in [0.2, 0.25) is 0 Å². The first kappa shape index (κ1) is 13.6. The summed E-state index contributed by atoms with van der Waals surface area (Å²) in [7, 11) is 1.93. The molecule has 1 aromatic heterocycles. The number of fused-ring (bicyclic) bond motifs is 3. The zero-order chi connectivity index (χ0) is 15.0. The third kappa shape index (κ3) is 2.05. The van der Waals surface area contributed by atoms with Crippen molar-refractivity contribution in [1.29, 1.82) is 0 Å². The molecule has 0 radical (unpaired) electrons. The summed E-state index contributed by atoms with van der Waals surface area (Å²) in [6.45, 7) is 10.2. The van der Waals surface area contributed by atoms with Gasteiger partial charge >= 0.3 is 0 Å². The minimum Gasteiger partial charge on any atom is -0.247 e. The Bertz CT molecular complexity index is 750. The minimum atomic E-state index is 0.367. The second-order valence-electron chi connectivity index (χ2n) is 5.45. The highest BCUT2D eigenvalue weighted by Gasteiger charge is 2.24. The second kappa shape index (κ2) is 5.17. The molecule has 1 aromatic carbocycles. The van der Waals surface area contributed by atoms with Crippen molar-refractivity contribution in [3.05, 3.63) is 66.4 Å². The van der Waals surface area contributed by atoms with Crippen molar-refractivity contribution < 1.29 is 0 Å². The fourth-order valence-electron chi connectivity index (χ4n) is 3.14. The van der Waals surface area contributed by atoms with E-state index in [4.69, 9.17) is 0 Å². The van der Waals surface area contributed by atoms with Crippen molar-refractivity contribution in [3.8, 4) is 11.3 Å². The van der Waals surface area contributed by atoms with Crippen LogP contribution in [0.15, 0.2) is 55.1 Å². The van der Waals surface area contributed by atoms with Gasteiger partial charge in [0.15, 0.2) is 0 Å². The number of hydrogen-bond acceptors (Lipinski definition) is 2. The van der Waals surface area contributed by atoms with Gasteiger partial charge in [-0.05, 0) is 23.5 Å². The Balaban J connectivity index is 2.40. The average molecular weight is 277 g/mol. The molecule has 3 nitrogen and oxygen atoms in total. The molecule has 0 bridgehead atoms. The molecule has 0 spiro atoms. The van der Waals surface area contributed by atoms with E-state index < -0.39 is 0 Å². The Morgan fingerprint density at radius 2 is 2.00 bits per heavy atom. The molecule has 3 heteroatoms. The van der Waals surface area contributed by atoms with Crippen LogP contribution >= 0.6 is 0 Å². The van der Waals surface area contributed by atoms with Gasteiger partial charge in [0.05, 0.1) is 5.69 Å². The van der Waals surface area contributed by atoms with Crippen molar-refractivity contribution in [1.82, 2.24) is 15.0 Å². The molecule has 3 rings (SSSR count). The molecule has 0 aliphatic heterocycles. The zero-order valence-electron chi connectivity index (χ0n) is 12.5. The molecule has 0 saturated heterocycles. The zero-order valence-corrected chi connectivity index (χ0v) is 12.5. The van der Waals surface area contributed by atoms with Gasteiger partial charge in [0.1, 0.15) is 5.69 Å². The van der Waals surface area contributed by atoms with E-state index in [0.29, 0.717) is 5.92 Å². The Labute approximate surface area is 125 Å². The first-order valence-electron chi connectivity index (χ1n) is 7.14. The van der Waals surface area contributed by atoms with Gasteiger partial charge in [0.25, 0.3) is 0 Å². The quantitative estimate of drug-likeness (QED) is 0.836. The molecule has 106 valence electrons. The molecule has 1 heterocycles. The van der Waals surface area contributed by atoms with Gasteiger partial charge in [0.2, 0.25) is 0 Å². The summed E-state index contributed by atoms with van der Waals surface area (Å²) in [6, 6.07) is 8.47. The minimum absolute atomic E-state index is 0.367. The number of allylic oxidation sites excluding steroid dienone is 4. The third-order valence-electron chi connectivity index (χ3n) is 4.15. The summed E-state index contributed by atoms with van der Waals surface area (Å²) >= 11 is 0. The van der Waals surface area contributed by atoms with Crippen molar-refractivity contribution >= 4 is 5.57 Å². The first-order valence-corrected chi connectivity index (χ1v) is 7.14. The highest BCUT2D eigenvalue weighted by atomic mass is 15.4. The predicted molar refractivity (Wildman–Crippen MR) is 86.6 cm³/mol.